The minimum atomic E-state index is -0.561. The summed E-state index contributed by atoms with van der Waals surface area (Å²) in [6.45, 7) is 6.11. The Morgan fingerprint density at radius 2 is 2.00 bits per heavy atom. The van der Waals surface area contributed by atoms with Crippen molar-refractivity contribution in [3.63, 3.8) is 0 Å². The Balaban J connectivity index is 2.55. The maximum Gasteiger partial charge on any atom is 0.290 e. The normalized spacial score (nSPS) is 18.2. The fraction of sp³-hybridized carbons (Fsp3) is 0.444. The second-order valence-corrected chi connectivity index (χ2v) is 6.03. The van der Waals surface area contributed by atoms with Crippen molar-refractivity contribution in [2.24, 2.45) is 5.92 Å². The Labute approximate surface area is 136 Å². The zero-order chi connectivity index (χ0) is 17.1. The minimum Gasteiger partial charge on any atom is -0.503 e. The molecule has 5 heteroatoms. The summed E-state index contributed by atoms with van der Waals surface area (Å²) in [6, 6.07) is 7.03. The average molecular weight is 317 g/mol. The molecule has 1 amide bonds. The van der Waals surface area contributed by atoms with Gasteiger partial charge in [-0.25, -0.2) is 0 Å². The van der Waals surface area contributed by atoms with Crippen molar-refractivity contribution in [2.75, 3.05) is 20.3 Å². The van der Waals surface area contributed by atoms with Gasteiger partial charge in [0, 0.05) is 19.6 Å². The number of ketones is 1. The molecule has 23 heavy (non-hydrogen) atoms. The van der Waals surface area contributed by atoms with Gasteiger partial charge in [0.25, 0.3) is 5.91 Å². The lowest BCUT2D eigenvalue weighted by Crippen LogP contribution is -2.34. The molecule has 5 nitrogen and oxygen atoms in total. The quantitative estimate of drug-likeness (QED) is 0.875. The summed E-state index contributed by atoms with van der Waals surface area (Å²) < 4.78 is 5.07. The van der Waals surface area contributed by atoms with Crippen LogP contribution >= 0.6 is 0 Å². The number of carbonyl (C=O) groups excluding carboxylic acids is 2. The van der Waals surface area contributed by atoms with Crippen molar-refractivity contribution in [3.8, 4) is 0 Å². The lowest BCUT2D eigenvalue weighted by atomic mass is 9.89. The van der Waals surface area contributed by atoms with Gasteiger partial charge < -0.3 is 14.7 Å². The highest BCUT2D eigenvalue weighted by Gasteiger charge is 2.44. The van der Waals surface area contributed by atoms with Gasteiger partial charge in [0.1, 0.15) is 0 Å². The molecule has 1 atom stereocenters. The van der Waals surface area contributed by atoms with Crippen molar-refractivity contribution in [2.45, 2.75) is 26.8 Å². The van der Waals surface area contributed by atoms with E-state index in [9.17, 15) is 14.7 Å². The number of amides is 1. The molecule has 2 rings (SSSR count). The lowest BCUT2D eigenvalue weighted by molar-refractivity contribution is -0.130. The van der Waals surface area contributed by atoms with E-state index in [1.165, 1.54) is 4.90 Å². The van der Waals surface area contributed by atoms with Crippen molar-refractivity contribution in [1.82, 2.24) is 4.90 Å². The molecule has 1 heterocycles. The number of hydrogen-bond donors (Lipinski definition) is 1. The van der Waals surface area contributed by atoms with E-state index in [1.54, 1.807) is 21.0 Å². The predicted molar refractivity (Wildman–Crippen MR) is 87.0 cm³/mol. The summed E-state index contributed by atoms with van der Waals surface area (Å²) >= 11 is 0. The largest absolute Gasteiger partial charge is 0.503 e. The topological polar surface area (TPSA) is 66.8 Å². The maximum absolute atomic E-state index is 12.6. The number of aryl methyl sites for hydroxylation is 1. The van der Waals surface area contributed by atoms with E-state index < -0.39 is 17.7 Å². The molecule has 1 N–H and O–H groups in total. The van der Waals surface area contributed by atoms with Crippen LogP contribution in [0.2, 0.25) is 0 Å². The fourth-order valence-corrected chi connectivity index (χ4v) is 2.85. The first-order valence-electron chi connectivity index (χ1n) is 7.72. The first kappa shape index (κ1) is 17.2. The van der Waals surface area contributed by atoms with Crippen molar-refractivity contribution >= 4 is 11.7 Å². The highest BCUT2D eigenvalue weighted by atomic mass is 16.5. The summed E-state index contributed by atoms with van der Waals surface area (Å²) in [6.07, 6.45) is 0. The van der Waals surface area contributed by atoms with Gasteiger partial charge in [-0.15, -0.1) is 0 Å². The predicted octanol–water partition coefficient (Wildman–Crippen LogP) is 2.56. The number of carbonyl (C=O) groups is 2. The second kappa shape index (κ2) is 6.96. The summed E-state index contributed by atoms with van der Waals surface area (Å²) in [7, 11) is 1.55. The molecule has 0 radical (unpaired) electrons. The number of hydrogen-bond acceptors (Lipinski definition) is 4. The van der Waals surface area contributed by atoms with E-state index in [0.717, 1.165) is 11.1 Å². The number of nitrogens with zero attached hydrogens (tertiary/aromatic N) is 1. The highest BCUT2D eigenvalue weighted by Crippen LogP contribution is 2.39. The number of aliphatic hydroxyl groups excluding tert-OH is 1. The molecular weight excluding hydrogens is 294 g/mol. The third-order valence-corrected chi connectivity index (χ3v) is 4.11. The van der Waals surface area contributed by atoms with Crippen LogP contribution in [0.4, 0.5) is 0 Å². The van der Waals surface area contributed by atoms with E-state index in [4.69, 9.17) is 4.74 Å². The van der Waals surface area contributed by atoms with Crippen molar-refractivity contribution < 1.29 is 19.4 Å². The van der Waals surface area contributed by atoms with Crippen LogP contribution in [0, 0.1) is 12.8 Å². The first-order chi connectivity index (χ1) is 10.9. The molecule has 1 aliphatic heterocycles. The molecule has 0 saturated heterocycles. The Kier molecular flexibility index (Phi) is 5.21. The molecule has 0 saturated carbocycles. The Morgan fingerprint density at radius 1 is 1.35 bits per heavy atom. The van der Waals surface area contributed by atoms with E-state index in [-0.39, 0.29) is 17.3 Å². The summed E-state index contributed by atoms with van der Waals surface area (Å²) in [5, 5.41) is 10.3. The third kappa shape index (κ3) is 3.15. The van der Waals surface area contributed by atoms with Gasteiger partial charge in [-0.1, -0.05) is 38.1 Å². The summed E-state index contributed by atoms with van der Waals surface area (Å²) in [5.41, 5.74) is 2.01. The van der Waals surface area contributed by atoms with Crippen molar-refractivity contribution in [3.05, 3.63) is 46.7 Å². The Bertz CT molecular complexity index is 648. The molecule has 0 bridgehead atoms. The number of Topliss-reactive ketones (excluding diaryl/α,β-unsaturated/α-hetero) is 1. The number of ether oxygens (including phenoxy) is 1. The monoisotopic (exact) mass is 317 g/mol. The molecule has 1 aliphatic rings. The standard InChI is InChI=1S/C18H23NO4/c1-11(2)16(20)14-15(13-8-6-5-7-12(13)3)19(9-10-23-4)18(22)17(14)21/h5-8,11,15,21H,9-10H2,1-4H3. The zero-order valence-corrected chi connectivity index (χ0v) is 14.0. The van der Waals surface area contributed by atoms with Crippen LogP contribution in [0.3, 0.4) is 0 Å². The van der Waals surface area contributed by atoms with Gasteiger partial charge in [0.15, 0.2) is 11.5 Å². The van der Waals surface area contributed by atoms with Crippen LogP contribution in [0.15, 0.2) is 35.6 Å². The number of benzene rings is 1. The number of methoxy groups -OCH3 is 1. The highest BCUT2D eigenvalue weighted by molar-refractivity contribution is 6.09. The van der Waals surface area contributed by atoms with Gasteiger partial charge in [0.05, 0.1) is 18.2 Å². The molecule has 0 aliphatic carbocycles. The van der Waals surface area contributed by atoms with E-state index >= 15 is 0 Å². The molecule has 1 aromatic rings. The zero-order valence-electron chi connectivity index (χ0n) is 14.0. The molecule has 0 fully saturated rings. The molecule has 124 valence electrons. The van der Waals surface area contributed by atoms with Gasteiger partial charge in [0.2, 0.25) is 0 Å². The van der Waals surface area contributed by atoms with Gasteiger partial charge >= 0.3 is 0 Å². The Hall–Kier alpha value is -2.14. The van der Waals surface area contributed by atoms with Crippen LogP contribution in [0.25, 0.3) is 0 Å². The van der Waals surface area contributed by atoms with Crippen molar-refractivity contribution in [1.29, 1.82) is 0 Å². The first-order valence-corrected chi connectivity index (χ1v) is 7.72. The van der Waals surface area contributed by atoms with E-state index in [1.807, 2.05) is 31.2 Å². The van der Waals surface area contributed by atoms with Crippen LogP contribution < -0.4 is 0 Å². The van der Waals surface area contributed by atoms with Gasteiger partial charge in [-0.2, -0.15) is 0 Å². The smallest absolute Gasteiger partial charge is 0.290 e. The van der Waals surface area contributed by atoms with Crippen LogP contribution in [0.5, 0.6) is 0 Å². The lowest BCUT2D eigenvalue weighted by Gasteiger charge is -2.28. The SMILES string of the molecule is COCCN1C(=O)C(O)=C(C(=O)C(C)C)C1c1ccccc1C. The second-order valence-electron chi connectivity index (χ2n) is 6.03. The molecule has 0 aromatic heterocycles. The van der Waals surface area contributed by atoms with Crippen LogP contribution in [-0.2, 0) is 14.3 Å². The number of aliphatic hydroxyl groups is 1. The molecule has 1 aromatic carbocycles. The molecular formula is C18H23NO4. The van der Waals surface area contributed by atoms with Crippen LogP contribution in [-0.4, -0.2) is 42.0 Å². The fourth-order valence-electron chi connectivity index (χ4n) is 2.85. The van der Waals surface area contributed by atoms with E-state index in [2.05, 4.69) is 0 Å². The maximum atomic E-state index is 12.6. The van der Waals surface area contributed by atoms with E-state index in [0.29, 0.717) is 13.2 Å². The third-order valence-electron chi connectivity index (χ3n) is 4.11. The van der Waals surface area contributed by atoms with Crippen LogP contribution in [0.1, 0.15) is 31.0 Å². The van der Waals surface area contributed by atoms with Gasteiger partial charge in [-0.05, 0) is 18.1 Å². The molecule has 1 unspecified atom stereocenters. The Morgan fingerprint density at radius 3 is 2.57 bits per heavy atom. The minimum absolute atomic E-state index is 0.190. The summed E-state index contributed by atoms with van der Waals surface area (Å²) in [4.78, 5) is 26.6. The van der Waals surface area contributed by atoms with Gasteiger partial charge in [-0.3, -0.25) is 9.59 Å². The average Bonchev–Trinajstić information content (AvgIpc) is 2.76. The number of rotatable bonds is 6. The molecule has 0 spiro atoms. The summed E-state index contributed by atoms with van der Waals surface area (Å²) in [5.74, 6) is -1.45.